The van der Waals surface area contributed by atoms with Gasteiger partial charge in [-0.3, -0.25) is 0 Å². The quantitative estimate of drug-likeness (QED) is 0.662. The third-order valence-corrected chi connectivity index (χ3v) is 6.74. The molecule has 2 heterocycles. The highest BCUT2D eigenvalue weighted by Crippen LogP contribution is 2.32. The zero-order valence-corrected chi connectivity index (χ0v) is 17.3. The smallest absolute Gasteiger partial charge is 0.416 e. The van der Waals surface area contributed by atoms with Gasteiger partial charge in [0.2, 0.25) is 10.0 Å². The van der Waals surface area contributed by atoms with Gasteiger partial charge in [0.05, 0.1) is 12.2 Å². The lowest BCUT2D eigenvalue weighted by Gasteiger charge is -2.35. The maximum atomic E-state index is 13.0. The zero-order valence-electron chi connectivity index (χ0n) is 16.5. The minimum atomic E-state index is -4.44. The van der Waals surface area contributed by atoms with E-state index in [1.54, 1.807) is 24.9 Å². The number of alkyl halides is 3. The monoisotopic (exact) mass is 445 g/mol. The first-order valence-corrected chi connectivity index (χ1v) is 10.7. The van der Waals surface area contributed by atoms with Crippen LogP contribution in [0, 0.1) is 0 Å². The van der Waals surface area contributed by atoms with Crippen molar-refractivity contribution in [2.45, 2.75) is 18.0 Å². The lowest BCUT2D eigenvalue weighted by atomic mass is 10.1. The molecule has 1 aliphatic heterocycles. The highest BCUT2D eigenvalue weighted by molar-refractivity contribution is 7.89. The summed E-state index contributed by atoms with van der Waals surface area (Å²) in [4.78, 5) is 13.6. The summed E-state index contributed by atoms with van der Waals surface area (Å²) in [5.74, 6) is -0.615. The number of halogens is 3. The van der Waals surface area contributed by atoms with Crippen LogP contribution in [0.1, 0.15) is 23.0 Å². The molecule has 1 aromatic heterocycles. The third kappa shape index (κ3) is 4.46. The van der Waals surface area contributed by atoms with Crippen LogP contribution in [-0.2, 0) is 28.0 Å². The molecule has 0 N–H and O–H groups in total. The van der Waals surface area contributed by atoms with Gasteiger partial charge in [-0.15, -0.1) is 0 Å². The average Bonchev–Trinajstić information content (AvgIpc) is 3.10. The normalized spacial score (nSPS) is 16.0. The Morgan fingerprint density at radius 3 is 2.40 bits per heavy atom. The molecule has 1 aromatic carbocycles. The fraction of sp³-hybridized carbons (Fsp3) is 0.421. The van der Waals surface area contributed by atoms with Gasteiger partial charge in [-0.2, -0.15) is 17.5 Å². The molecule has 0 spiro atoms. The van der Waals surface area contributed by atoms with E-state index < -0.39 is 27.7 Å². The van der Waals surface area contributed by atoms with Crippen LogP contribution >= 0.6 is 0 Å². The number of hydrogen-bond acceptors (Lipinski definition) is 5. The number of ether oxygens (including phenoxy) is 1. The first-order chi connectivity index (χ1) is 14.0. The maximum Gasteiger partial charge on any atom is 0.416 e. The molecule has 30 heavy (non-hydrogen) atoms. The largest absolute Gasteiger partial charge is 0.461 e. The van der Waals surface area contributed by atoms with E-state index >= 15 is 0 Å². The minimum absolute atomic E-state index is 0.0272. The minimum Gasteiger partial charge on any atom is -0.461 e. The third-order valence-electron chi connectivity index (χ3n) is 4.88. The number of aryl methyl sites for hydroxylation is 1. The Hall–Kier alpha value is -2.53. The fourth-order valence-corrected chi connectivity index (χ4v) is 4.79. The zero-order chi connectivity index (χ0) is 22.1. The standard InChI is InChI=1S/C19H22F3N3O4S/c1-3-29-18(26)17-12-16(13-23(17)2)30(27,28)25-9-7-24(8-10-25)15-6-4-5-14(11-15)19(20,21)22/h4-6,11-13H,3,7-10H2,1-2H3. The van der Waals surface area contributed by atoms with Crippen molar-refractivity contribution >= 4 is 21.7 Å². The number of rotatable bonds is 5. The average molecular weight is 445 g/mol. The Balaban J connectivity index is 1.73. The van der Waals surface area contributed by atoms with E-state index in [0.717, 1.165) is 12.1 Å². The molecule has 1 aliphatic rings. The Morgan fingerprint density at radius 2 is 1.80 bits per heavy atom. The van der Waals surface area contributed by atoms with Gasteiger partial charge in [0.1, 0.15) is 10.6 Å². The Morgan fingerprint density at radius 1 is 1.13 bits per heavy atom. The van der Waals surface area contributed by atoms with E-state index in [4.69, 9.17) is 4.74 Å². The maximum absolute atomic E-state index is 13.0. The molecule has 1 saturated heterocycles. The molecule has 7 nitrogen and oxygen atoms in total. The SMILES string of the molecule is CCOC(=O)c1cc(S(=O)(=O)N2CCN(c3cccc(C(F)(F)F)c3)CC2)cn1C. The topological polar surface area (TPSA) is 71.8 Å². The lowest BCUT2D eigenvalue weighted by molar-refractivity contribution is -0.137. The molecule has 0 aliphatic carbocycles. The number of nitrogens with zero attached hydrogens (tertiary/aromatic N) is 3. The second-order valence-corrected chi connectivity index (χ2v) is 8.77. The summed E-state index contributed by atoms with van der Waals surface area (Å²) in [5, 5.41) is 0. The molecule has 0 saturated carbocycles. The van der Waals surface area contributed by atoms with Crippen molar-refractivity contribution in [2.24, 2.45) is 7.05 Å². The summed E-state index contributed by atoms with van der Waals surface area (Å²) >= 11 is 0. The molecule has 1 fully saturated rings. The van der Waals surface area contributed by atoms with E-state index in [1.807, 2.05) is 0 Å². The van der Waals surface area contributed by atoms with Crippen LogP contribution in [0.25, 0.3) is 0 Å². The molecule has 164 valence electrons. The van der Waals surface area contributed by atoms with Gasteiger partial charge >= 0.3 is 12.1 Å². The van der Waals surface area contributed by atoms with Gasteiger partial charge in [-0.25, -0.2) is 13.2 Å². The van der Waals surface area contributed by atoms with E-state index in [0.29, 0.717) is 5.69 Å². The first kappa shape index (κ1) is 22.2. The number of carbonyl (C=O) groups is 1. The molecular formula is C19H22F3N3O4S. The predicted octanol–water partition coefficient (Wildman–Crippen LogP) is 2.73. The molecule has 0 unspecified atom stereocenters. The van der Waals surface area contributed by atoms with Gasteiger partial charge in [-0.05, 0) is 31.2 Å². The second kappa shape index (κ2) is 8.31. The summed E-state index contributed by atoms with van der Waals surface area (Å²) in [7, 11) is -2.30. The lowest BCUT2D eigenvalue weighted by Crippen LogP contribution is -2.48. The van der Waals surface area contributed by atoms with Crippen LogP contribution in [-0.4, -0.2) is 56.0 Å². The fourth-order valence-electron chi connectivity index (χ4n) is 3.30. The van der Waals surface area contributed by atoms with Crippen molar-refractivity contribution in [3.8, 4) is 0 Å². The number of hydrogen-bond donors (Lipinski definition) is 0. The molecule has 0 radical (unpaired) electrons. The van der Waals surface area contributed by atoms with Crippen LogP contribution in [0.2, 0.25) is 0 Å². The summed E-state index contributed by atoms with van der Waals surface area (Å²) < 4.78 is 72.3. The van der Waals surface area contributed by atoms with Gasteiger partial charge in [0.25, 0.3) is 0 Å². The molecule has 0 atom stereocenters. The van der Waals surface area contributed by atoms with E-state index in [1.165, 1.54) is 27.2 Å². The molecule has 2 aromatic rings. The first-order valence-electron chi connectivity index (χ1n) is 9.30. The van der Waals surface area contributed by atoms with Gasteiger partial charge in [-0.1, -0.05) is 6.07 Å². The Labute approximate surface area is 172 Å². The van der Waals surface area contributed by atoms with Crippen LogP contribution < -0.4 is 4.90 Å². The number of benzene rings is 1. The van der Waals surface area contributed by atoms with Crippen LogP contribution in [0.5, 0.6) is 0 Å². The van der Waals surface area contributed by atoms with Gasteiger partial charge < -0.3 is 14.2 Å². The summed E-state index contributed by atoms with van der Waals surface area (Å²) in [5.41, 5.74) is -0.227. The molecule has 0 amide bonds. The number of sulfonamides is 1. The second-order valence-electron chi connectivity index (χ2n) is 6.83. The Kier molecular flexibility index (Phi) is 6.14. The van der Waals surface area contributed by atoms with Crippen LogP contribution in [0.15, 0.2) is 41.4 Å². The van der Waals surface area contributed by atoms with Crippen molar-refractivity contribution in [1.29, 1.82) is 0 Å². The number of piperazine rings is 1. The molecule has 3 rings (SSSR count). The van der Waals surface area contributed by atoms with E-state index in [-0.39, 0.29) is 43.4 Å². The van der Waals surface area contributed by atoms with Crippen molar-refractivity contribution in [2.75, 3.05) is 37.7 Å². The number of anilines is 1. The van der Waals surface area contributed by atoms with Crippen LogP contribution in [0.3, 0.4) is 0 Å². The number of aromatic nitrogens is 1. The molecule has 11 heteroatoms. The van der Waals surface area contributed by atoms with Gasteiger partial charge in [0, 0.05) is 45.1 Å². The van der Waals surface area contributed by atoms with Crippen LogP contribution in [0.4, 0.5) is 18.9 Å². The van der Waals surface area contributed by atoms with Crippen molar-refractivity contribution < 1.29 is 31.1 Å². The van der Waals surface area contributed by atoms with E-state index in [9.17, 15) is 26.4 Å². The van der Waals surface area contributed by atoms with Crippen molar-refractivity contribution in [3.63, 3.8) is 0 Å². The summed E-state index contributed by atoms with van der Waals surface area (Å²) in [6.07, 6.45) is -3.09. The molecular weight excluding hydrogens is 423 g/mol. The number of carbonyl (C=O) groups excluding carboxylic acids is 1. The summed E-state index contributed by atoms with van der Waals surface area (Å²) in [6.45, 7) is 2.55. The van der Waals surface area contributed by atoms with Gasteiger partial charge in [0.15, 0.2) is 0 Å². The van der Waals surface area contributed by atoms with E-state index in [2.05, 4.69) is 0 Å². The highest BCUT2D eigenvalue weighted by atomic mass is 32.2. The van der Waals surface area contributed by atoms with Crippen molar-refractivity contribution in [3.05, 3.63) is 47.8 Å². The Bertz CT molecular complexity index is 1030. The number of esters is 1. The van der Waals surface area contributed by atoms with Crippen molar-refractivity contribution in [1.82, 2.24) is 8.87 Å². The molecule has 0 bridgehead atoms. The highest BCUT2D eigenvalue weighted by Gasteiger charge is 2.33. The summed E-state index contributed by atoms with van der Waals surface area (Å²) in [6, 6.07) is 6.24. The predicted molar refractivity (Wildman–Crippen MR) is 104 cm³/mol.